The molecule has 24 heavy (non-hydrogen) atoms. The molecule has 3 amide bonds. The number of hydrogen-bond donors (Lipinski definition) is 2. The van der Waals surface area contributed by atoms with E-state index in [9.17, 15) is 9.59 Å². The van der Waals surface area contributed by atoms with Crippen LogP contribution in [0.5, 0.6) is 0 Å². The fourth-order valence-corrected chi connectivity index (χ4v) is 2.25. The van der Waals surface area contributed by atoms with Crippen molar-refractivity contribution in [1.82, 2.24) is 15.4 Å². The Hall–Kier alpha value is -2.05. The predicted molar refractivity (Wildman–Crippen MR) is 93.9 cm³/mol. The first-order chi connectivity index (χ1) is 11.6. The molecule has 2 N–H and O–H groups in total. The van der Waals surface area contributed by atoms with E-state index in [1.807, 2.05) is 0 Å². The van der Waals surface area contributed by atoms with Crippen LogP contribution in [-0.2, 0) is 4.79 Å². The van der Waals surface area contributed by atoms with Crippen molar-refractivity contribution in [2.24, 2.45) is 0 Å². The molecule has 0 aliphatic heterocycles. The van der Waals surface area contributed by atoms with Crippen molar-refractivity contribution >= 4 is 17.8 Å². The maximum Gasteiger partial charge on any atom is 0.317 e. The van der Waals surface area contributed by atoms with Gasteiger partial charge in [-0.15, -0.1) is 0 Å². The van der Waals surface area contributed by atoms with Gasteiger partial charge in [-0.05, 0) is 19.8 Å². The number of anilines is 1. The van der Waals surface area contributed by atoms with Crippen LogP contribution in [0.4, 0.5) is 10.6 Å². The number of amides is 3. The lowest BCUT2D eigenvalue weighted by molar-refractivity contribution is -0.116. The van der Waals surface area contributed by atoms with Crippen molar-refractivity contribution in [3.8, 4) is 0 Å². The third-order valence-corrected chi connectivity index (χ3v) is 3.61. The summed E-state index contributed by atoms with van der Waals surface area (Å²) < 4.78 is 4.92. The van der Waals surface area contributed by atoms with Crippen LogP contribution in [0.1, 0.15) is 58.1 Å². The molecule has 1 heterocycles. The lowest BCUT2D eigenvalue weighted by Gasteiger charge is -2.22. The van der Waals surface area contributed by atoms with Crippen molar-refractivity contribution < 1.29 is 14.1 Å². The molecule has 0 saturated heterocycles. The highest BCUT2D eigenvalue weighted by molar-refractivity contribution is 5.93. The molecule has 136 valence electrons. The first kappa shape index (κ1) is 20.0. The Labute approximate surface area is 144 Å². The van der Waals surface area contributed by atoms with Gasteiger partial charge in [0.05, 0.1) is 0 Å². The molecule has 1 aromatic heterocycles. The van der Waals surface area contributed by atoms with Gasteiger partial charge >= 0.3 is 6.03 Å². The number of hydrogen-bond acceptors (Lipinski definition) is 4. The average Bonchev–Trinajstić information content (AvgIpc) is 2.95. The van der Waals surface area contributed by atoms with Gasteiger partial charge in [0, 0.05) is 19.2 Å². The minimum absolute atomic E-state index is 0.00991. The van der Waals surface area contributed by atoms with Gasteiger partial charge in [-0.2, -0.15) is 0 Å². The third kappa shape index (κ3) is 7.99. The number of nitrogens with zero attached hydrogens (tertiary/aromatic N) is 2. The Morgan fingerprint density at radius 2 is 1.92 bits per heavy atom. The van der Waals surface area contributed by atoms with Gasteiger partial charge in [0.15, 0.2) is 5.82 Å². The minimum Gasteiger partial charge on any atom is -0.360 e. The van der Waals surface area contributed by atoms with E-state index in [2.05, 4.69) is 29.6 Å². The van der Waals surface area contributed by atoms with E-state index in [0.29, 0.717) is 24.7 Å². The van der Waals surface area contributed by atoms with Crippen LogP contribution in [0.25, 0.3) is 0 Å². The molecule has 0 spiro atoms. The molecule has 7 heteroatoms. The molecule has 7 nitrogen and oxygen atoms in total. The van der Waals surface area contributed by atoms with Crippen LogP contribution in [0.2, 0.25) is 0 Å². The number of unbranched alkanes of at least 4 members (excludes halogenated alkanes) is 4. The summed E-state index contributed by atoms with van der Waals surface area (Å²) in [5, 5.41) is 9.25. The van der Waals surface area contributed by atoms with Gasteiger partial charge in [0.25, 0.3) is 0 Å². The molecule has 0 fully saturated rings. The lowest BCUT2D eigenvalue weighted by Crippen LogP contribution is -2.44. The van der Waals surface area contributed by atoms with Gasteiger partial charge in [-0.25, -0.2) is 4.79 Å². The molecule has 1 aromatic rings. The van der Waals surface area contributed by atoms with E-state index in [4.69, 9.17) is 4.52 Å². The molecule has 0 radical (unpaired) electrons. The maximum atomic E-state index is 12.3. The van der Waals surface area contributed by atoms with E-state index in [-0.39, 0.29) is 18.5 Å². The molecule has 0 aliphatic carbocycles. The van der Waals surface area contributed by atoms with Crippen molar-refractivity contribution in [1.29, 1.82) is 0 Å². The van der Waals surface area contributed by atoms with Crippen molar-refractivity contribution in [2.45, 2.75) is 59.3 Å². The van der Waals surface area contributed by atoms with E-state index in [1.165, 1.54) is 0 Å². The van der Waals surface area contributed by atoms with Crippen LogP contribution < -0.4 is 10.6 Å². The number of carbonyl (C=O) groups is 2. The summed E-state index contributed by atoms with van der Waals surface area (Å²) >= 11 is 0. The van der Waals surface area contributed by atoms with E-state index < -0.39 is 0 Å². The van der Waals surface area contributed by atoms with E-state index in [0.717, 1.165) is 38.5 Å². The highest BCUT2D eigenvalue weighted by Crippen LogP contribution is 2.07. The normalized spacial score (nSPS) is 10.5. The van der Waals surface area contributed by atoms with Gasteiger partial charge < -0.3 is 20.1 Å². The Bertz CT molecular complexity index is 502. The summed E-state index contributed by atoms with van der Waals surface area (Å²) in [6, 6.07) is 1.46. The highest BCUT2D eigenvalue weighted by Gasteiger charge is 2.17. The zero-order valence-corrected chi connectivity index (χ0v) is 15.1. The lowest BCUT2D eigenvalue weighted by atomic mass is 10.2. The van der Waals surface area contributed by atoms with Crippen LogP contribution in [0.3, 0.4) is 0 Å². The monoisotopic (exact) mass is 338 g/mol. The average molecular weight is 338 g/mol. The van der Waals surface area contributed by atoms with Crippen molar-refractivity contribution in [3.05, 3.63) is 11.8 Å². The Kier molecular flexibility index (Phi) is 9.56. The largest absolute Gasteiger partial charge is 0.360 e. The number of urea groups is 1. The zero-order valence-electron chi connectivity index (χ0n) is 15.1. The van der Waals surface area contributed by atoms with Crippen LogP contribution in [0.15, 0.2) is 10.6 Å². The number of aromatic nitrogens is 1. The second kappa shape index (κ2) is 11.5. The molecule has 0 unspecified atom stereocenters. The fourth-order valence-electron chi connectivity index (χ4n) is 2.25. The summed E-state index contributed by atoms with van der Waals surface area (Å²) in [4.78, 5) is 26.0. The molecule has 0 aromatic carbocycles. The van der Waals surface area contributed by atoms with Gasteiger partial charge in [-0.1, -0.05) is 44.7 Å². The first-order valence-corrected chi connectivity index (χ1v) is 8.82. The summed E-state index contributed by atoms with van der Waals surface area (Å²) in [5.41, 5.74) is 0. The summed E-state index contributed by atoms with van der Waals surface area (Å²) in [6.07, 6.45) is 6.16. The Morgan fingerprint density at radius 3 is 2.54 bits per heavy atom. The second-order valence-electron chi connectivity index (χ2n) is 5.94. The first-order valence-electron chi connectivity index (χ1n) is 8.82. The predicted octanol–water partition coefficient (Wildman–Crippen LogP) is 3.31. The minimum atomic E-state index is -0.274. The van der Waals surface area contributed by atoms with Crippen molar-refractivity contribution in [2.75, 3.05) is 25.0 Å². The van der Waals surface area contributed by atoms with Gasteiger partial charge in [0.2, 0.25) is 5.91 Å². The van der Waals surface area contributed by atoms with E-state index >= 15 is 0 Å². The number of nitrogens with one attached hydrogen (secondary N) is 2. The Morgan fingerprint density at radius 1 is 1.17 bits per heavy atom. The molecular weight excluding hydrogens is 308 g/mol. The van der Waals surface area contributed by atoms with E-state index in [1.54, 1.807) is 17.9 Å². The standard InChI is InChI=1S/C17H30N4O3/c1-4-6-8-9-11-21(17(23)18-10-7-5-2)13-16(22)19-15-12-14(3)24-20-15/h12H,4-11,13H2,1-3H3,(H,18,23)(H,19,20,22). The number of aryl methyl sites for hydroxylation is 1. The zero-order chi connectivity index (χ0) is 17.8. The Balaban J connectivity index is 2.51. The van der Waals surface area contributed by atoms with Gasteiger partial charge in [-0.3, -0.25) is 4.79 Å². The topological polar surface area (TPSA) is 87.5 Å². The van der Waals surface area contributed by atoms with Crippen LogP contribution in [0, 0.1) is 6.92 Å². The summed E-state index contributed by atoms with van der Waals surface area (Å²) in [5.74, 6) is 0.721. The second-order valence-corrected chi connectivity index (χ2v) is 5.94. The quantitative estimate of drug-likeness (QED) is 0.606. The van der Waals surface area contributed by atoms with Crippen LogP contribution >= 0.6 is 0 Å². The molecule has 0 aliphatic rings. The number of rotatable bonds is 11. The molecular formula is C17H30N4O3. The molecule has 0 atom stereocenters. The van der Waals surface area contributed by atoms with Crippen LogP contribution in [-0.4, -0.2) is 41.6 Å². The molecule has 0 saturated carbocycles. The molecule has 1 rings (SSSR count). The SMILES string of the molecule is CCCCCCN(CC(=O)Nc1cc(C)on1)C(=O)NCCCC. The number of carbonyl (C=O) groups excluding carboxylic acids is 2. The summed E-state index contributed by atoms with van der Waals surface area (Å²) in [7, 11) is 0. The fraction of sp³-hybridized carbons (Fsp3) is 0.706. The van der Waals surface area contributed by atoms with Gasteiger partial charge in [0.1, 0.15) is 12.3 Å². The smallest absolute Gasteiger partial charge is 0.317 e. The summed E-state index contributed by atoms with van der Waals surface area (Å²) in [6.45, 7) is 7.18. The highest BCUT2D eigenvalue weighted by atomic mass is 16.5. The van der Waals surface area contributed by atoms with Crippen molar-refractivity contribution in [3.63, 3.8) is 0 Å². The third-order valence-electron chi connectivity index (χ3n) is 3.61. The maximum absolute atomic E-state index is 12.3. The molecule has 0 bridgehead atoms.